The number of carbonyl (C=O) groups is 2. The SMILES string of the molecule is CNC(=O)C(C)NCC(=O)NCCOC. The van der Waals surface area contributed by atoms with Crippen LogP contribution in [0.2, 0.25) is 0 Å². The molecule has 0 aliphatic heterocycles. The molecular formula is C9H19N3O3. The molecule has 1 atom stereocenters. The van der Waals surface area contributed by atoms with E-state index in [1.807, 2.05) is 0 Å². The van der Waals surface area contributed by atoms with Crippen LogP contribution < -0.4 is 16.0 Å². The molecule has 3 N–H and O–H groups in total. The zero-order chi connectivity index (χ0) is 11.7. The van der Waals surface area contributed by atoms with Crippen LogP contribution in [-0.4, -0.2) is 51.7 Å². The van der Waals surface area contributed by atoms with E-state index in [0.29, 0.717) is 13.2 Å². The van der Waals surface area contributed by atoms with Crippen LogP contribution in [0.3, 0.4) is 0 Å². The van der Waals surface area contributed by atoms with Crippen molar-refractivity contribution in [3.63, 3.8) is 0 Å². The first-order valence-electron chi connectivity index (χ1n) is 4.82. The molecule has 0 bridgehead atoms. The Kier molecular flexibility index (Phi) is 7.57. The molecule has 0 spiro atoms. The van der Waals surface area contributed by atoms with Gasteiger partial charge in [-0.05, 0) is 6.92 Å². The van der Waals surface area contributed by atoms with Crippen molar-refractivity contribution in [1.82, 2.24) is 16.0 Å². The van der Waals surface area contributed by atoms with Crippen molar-refractivity contribution < 1.29 is 14.3 Å². The van der Waals surface area contributed by atoms with E-state index >= 15 is 0 Å². The van der Waals surface area contributed by atoms with Gasteiger partial charge in [0.25, 0.3) is 0 Å². The number of likely N-dealkylation sites (N-methyl/N-ethyl adjacent to an activating group) is 1. The minimum atomic E-state index is -0.372. The highest BCUT2D eigenvalue weighted by molar-refractivity contribution is 5.83. The fourth-order valence-corrected chi connectivity index (χ4v) is 0.910. The highest BCUT2D eigenvalue weighted by atomic mass is 16.5. The molecule has 0 saturated heterocycles. The third-order valence-electron chi connectivity index (χ3n) is 1.84. The summed E-state index contributed by atoms with van der Waals surface area (Å²) in [6.45, 7) is 2.78. The van der Waals surface area contributed by atoms with Gasteiger partial charge in [-0.3, -0.25) is 14.9 Å². The third kappa shape index (κ3) is 6.87. The van der Waals surface area contributed by atoms with Crippen LogP contribution in [0.1, 0.15) is 6.92 Å². The summed E-state index contributed by atoms with van der Waals surface area (Å²) in [6.07, 6.45) is 0. The number of ether oxygens (including phenoxy) is 1. The molecule has 1 unspecified atom stereocenters. The Morgan fingerprint density at radius 3 is 2.60 bits per heavy atom. The first-order chi connectivity index (χ1) is 7.11. The van der Waals surface area contributed by atoms with E-state index in [0.717, 1.165) is 0 Å². The lowest BCUT2D eigenvalue weighted by Crippen LogP contribution is -2.45. The summed E-state index contributed by atoms with van der Waals surface area (Å²) in [5, 5.41) is 7.92. The molecule has 6 nitrogen and oxygen atoms in total. The number of carbonyl (C=O) groups excluding carboxylic acids is 2. The molecule has 0 heterocycles. The molecule has 0 fully saturated rings. The van der Waals surface area contributed by atoms with Crippen LogP contribution in [0.4, 0.5) is 0 Å². The van der Waals surface area contributed by atoms with E-state index in [-0.39, 0.29) is 24.4 Å². The van der Waals surface area contributed by atoms with Crippen molar-refractivity contribution in [1.29, 1.82) is 0 Å². The van der Waals surface area contributed by atoms with Gasteiger partial charge in [0.05, 0.1) is 19.2 Å². The molecule has 0 rings (SSSR count). The second-order valence-corrected chi connectivity index (χ2v) is 3.06. The largest absolute Gasteiger partial charge is 0.383 e. The van der Waals surface area contributed by atoms with Crippen LogP contribution in [0.15, 0.2) is 0 Å². The van der Waals surface area contributed by atoms with E-state index < -0.39 is 0 Å². The van der Waals surface area contributed by atoms with Gasteiger partial charge in [0, 0.05) is 20.7 Å². The highest BCUT2D eigenvalue weighted by Crippen LogP contribution is 1.79. The van der Waals surface area contributed by atoms with Gasteiger partial charge < -0.3 is 15.4 Å². The lowest BCUT2D eigenvalue weighted by molar-refractivity contribution is -0.123. The predicted octanol–water partition coefficient (Wildman–Crippen LogP) is -1.53. The van der Waals surface area contributed by atoms with E-state index in [1.165, 1.54) is 0 Å². The Labute approximate surface area is 89.7 Å². The Bertz CT molecular complexity index is 209. The van der Waals surface area contributed by atoms with Gasteiger partial charge in [0.15, 0.2) is 0 Å². The van der Waals surface area contributed by atoms with Gasteiger partial charge in [0.1, 0.15) is 0 Å². The molecule has 6 heteroatoms. The summed E-state index contributed by atoms with van der Waals surface area (Å²) in [6, 6.07) is -0.372. The minimum Gasteiger partial charge on any atom is -0.383 e. The molecular weight excluding hydrogens is 198 g/mol. The van der Waals surface area contributed by atoms with Crippen molar-refractivity contribution >= 4 is 11.8 Å². The molecule has 2 amide bonds. The van der Waals surface area contributed by atoms with Gasteiger partial charge >= 0.3 is 0 Å². The summed E-state index contributed by atoms with van der Waals surface area (Å²) in [5.74, 6) is -0.289. The van der Waals surface area contributed by atoms with Crippen LogP contribution in [0, 0.1) is 0 Å². The number of methoxy groups -OCH3 is 1. The average Bonchev–Trinajstić information content (AvgIpc) is 2.25. The second-order valence-electron chi connectivity index (χ2n) is 3.06. The first-order valence-corrected chi connectivity index (χ1v) is 4.82. The molecule has 0 radical (unpaired) electrons. The van der Waals surface area contributed by atoms with Crippen molar-refractivity contribution in [2.45, 2.75) is 13.0 Å². The van der Waals surface area contributed by atoms with Gasteiger partial charge in [-0.2, -0.15) is 0 Å². The summed E-state index contributed by atoms with van der Waals surface area (Å²) >= 11 is 0. The Balaban J connectivity index is 3.57. The molecule has 0 aliphatic rings. The van der Waals surface area contributed by atoms with Crippen LogP contribution in [0.25, 0.3) is 0 Å². The van der Waals surface area contributed by atoms with Gasteiger partial charge in [-0.25, -0.2) is 0 Å². The number of nitrogens with one attached hydrogen (secondary N) is 3. The maximum atomic E-state index is 11.2. The summed E-state index contributed by atoms with van der Waals surface area (Å²) < 4.78 is 4.77. The van der Waals surface area contributed by atoms with E-state index in [1.54, 1.807) is 21.1 Å². The van der Waals surface area contributed by atoms with E-state index in [2.05, 4.69) is 16.0 Å². The lowest BCUT2D eigenvalue weighted by atomic mass is 10.3. The fraction of sp³-hybridized carbons (Fsp3) is 0.778. The molecule has 0 saturated carbocycles. The molecule has 0 aromatic carbocycles. The maximum absolute atomic E-state index is 11.2. The second kappa shape index (κ2) is 8.19. The van der Waals surface area contributed by atoms with Crippen molar-refractivity contribution in [2.75, 3.05) is 33.9 Å². The summed E-state index contributed by atoms with van der Waals surface area (Å²) in [4.78, 5) is 22.2. The number of hydrogen-bond acceptors (Lipinski definition) is 4. The van der Waals surface area contributed by atoms with E-state index in [4.69, 9.17) is 4.74 Å². The Morgan fingerprint density at radius 2 is 2.07 bits per heavy atom. The van der Waals surface area contributed by atoms with Gasteiger partial charge in [-0.15, -0.1) is 0 Å². The molecule has 15 heavy (non-hydrogen) atoms. The average molecular weight is 217 g/mol. The molecule has 88 valence electrons. The maximum Gasteiger partial charge on any atom is 0.236 e. The fourth-order valence-electron chi connectivity index (χ4n) is 0.910. The van der Waals surface area contributed by atoms with Crippen molar-refractivity contribution in [3.8, 4) is 0 Å². The van der Waals surface area contributed by atoms with Crippen molar-refractivity contribution in [3.05, 3.63) is 0 Å². The number of amides is 2. The first kappa shape index (κ1) is 13.9. The molecule has 0 aromatic heterocycles. The molecule has 0 aliphatic carbocycles. The lowest BCUT2D eigenvalue weighted by Gasteiger charge is -2.11. The third-order valence-corrected chi connectivity index (χ3v) is 1.84. The zero-order valence-electron chi connectivity index (χ0n) is 9.42. The van der Waals surface area contributed by atoms with Gasteiger partial charge in [0.2, 0.25) is 11.8 Å². The number of hydrogen-bond donors (Lipinski definition) is 3. The van der Waals surface area contributed by atoms with Crippen LogP contribution in [-0.2, 0) is 14.3 Å². The molecule has 0 aromatic rings. The van der Waals surface area contributed by atoms with Crippen LogP contribution in [0.5, 0.6) is 0 Å². The number of rotatable bonds is 7. The minimum absolute atomic E-state index is 0.123. The summed E-state index contributed by atoms with van der Waals surface area (Å²) in [7, 11) is 3.12. The topological polar surface area (TPSA) is 79.5 Å². The predicted molar refractivity (Wildman–Crippen MR) is 56.4 cm³/mol. The monoisotopic (exact) mass is 217 g/mol. The normalized spacial score (nSPS) is 11.9. The van der Waals surface area contributed by atoms with Gasteiger partial charge in [-0.1, -0.05) is 0 Å². The zero-order valence-corrected chi connectivity index (χ0v) is 9.42. The quantitative estimate of drug-likeness (QED) is 0.452. The Morgan fingerprint density at radius 1 is 1.40 bits per heavy atom. The van der Waals surface area contributed by atoms with Crippen LogP contribution >= 0.6 is 0 Å². The standard InChI is InChI=1S/C9H19N3O3/c1-7(9(14)10-2)12-6-8(13)11-4-5-15-3/h7,12H,4-6H2,1-3H3,(H,10,14)(H,11,13). The summed E-state index contributed by atoms with van der Waals surface area (Å²) in [5.41, 5.74) is 0. The van der Waals surface area contributed by atoms with E-state index in [9.17, 15) is 9.59 Å². The smallest absolute Gasteiger partial charge is 0.236 e. The Hall–Kier alpha value is -1.14. The highest BCUT2D eigenvalue weighted by Gasteiger charge is 2.11. The van der Waals surface area contributed by atoms with Crippen molar-refractivity contribution in [2.24, 2.45) is 0 Å².